The monoisotopic (exact) mass is 529 g/mol. The highest BCUT2D eigenvalue weighted by atomic mass is 79.9. The maximum atomic E-state index is 5.57. The highest BCUT2D eigenvalue weighted by molar-refractivity contribution is 9.10. The summed E-state index contributed by atoms with van der Waals surface area (Å²) < 4.78 is 1.13. The summed E-state index contributed by atoms with van der Waals surface area (Å²) in [4.78, 5) is 0. The van der Waals surface area contributed by atoms with Gasteiger partial charge in [-0.25, -0.2) is 0 Å². The van der Waals surface area contributed by atoms with Gasteiger partial charge in [0.15, 0.2) is 0 Å². The molecule has 0 amide bonds. The molecule has 4 aromatic rings. The van der Waals surface area contributed by atoms with E-state index in [9.17, 15) is 0 Å². The van der Waals surface area contributed by atoms with Gasteiger partial charge in [0.25, 0.3) is 0 Å². The molecule has 184 valence electrons. The van der Waals surface area contributed by atoms with Crippen LogP contribution in [0.3, 0.4) is 0 Å². The first kappa shape index (κ1) is 28.4. The molecule has 0 aromatic heterocycles. The van der Waals surface area contributed by atoms with Gasteiger partial charge in [0.05, 0.1) is 0 Å². The van der Waals surface area contributed by atoms with Crippen molar-refractivity contribution < 1.29 is 0 Å². The fourth-order valence-electron chi connectivity index (χ4n) is 3.35. The maximum absolute atomic E-state index is 5.57. The molecule has 4 rings (SSSR count). The minimum absolute atomic E-state index is 0.230. The Kier molecular flexibility index (Phi) is 10.8. The van der Waals surface area contributed by atoms with E-state index in [0.29, 0.717) is 0 Å². The second kappa shape index (κ2) is 13.3. The number of nitrogen functional groups attached to an aromatic ring is 1. The molecule has 0 spiro atoms. The van der Waals surface area contributed by atoms with Crippen molar-refractivity contribution in [3.05, 3.63) is 136 Å². The van der Waals surface area contributed by atoms with Crippen LogP contribution < -0.4 is 5.73 Å². The molecule has 0 aliphatic rings. The molecule has 0 heterocycles. The lowest BCUT2D eigenvalue weighted by molar-refractivity contribution is 0.590. The molecule has 0 aliphatic heterocycles. The Morgan fingerprint density at radius 2 is 0.886 bits per heavy atom. The van der Waals surface area contributed by atoms with Crippen LogP contribution in [0.4, 0.5) is 5.69 Å². The molecule has 35 heavy (non-hydrogen) atoms. The highest BCUT2D eigenvalue weighted by Crippen LogP contribution is 2.23. The second-order valence-corrected chi connectivity index (χ2v) is 11.7. The van der Waals surface area contributed by atoms with Crippen LogP contribution in [0.2, 0.25) is 0 Å². The molecular formula is C33H40BrN. The van der Waals surface area contributed by atoms with Crippen LogP contribution in [0.5, 0.6) is 0 Å². The lowest BCUT2D eigenvalue weighted by atomic mass is 9.86. The van der Waals surface area contributed by atoms with Gasteiger partial charge in [0, 0.05) is 10.2 Å². The largest absolute Gasteiger partial charge is 0.399 e. The van der Waals surface area contributed by atoms with Gasteiger partial charge in [-0.2, -0.15) is 0 Å². The van der Waals surface area contributed by atoms with E-state index in [-0.39, 0.29) is 10.8 Å². The number of anilines is 1. The number of rotatable bonds is 2. The van der Waals surface area contributed by atoms with Gasteiger partial charge in [0.1, 0.15) is 0 Å². The first-order chi connectivity index (χ1) is 16.4. The van der Waals surface area contributed by atoms with Crippen molar-refractivity contribution in [1.82, 2.24) is 0 Å². The van der Waals surface area contributed by atoms with E-state index >= 15 is 0 Å². The predicted molar refractivity (Wildman–Crippen MR) is 158 cm³/mol. The summed E-state index contributed by atoms with van der Waals surface area (Å²) in [6.45, 7) is 13.3. The lowest BCUT2D eigenvalue weighted by Gasteiger charge is -2.19. The third-order valence-electron chi connectivity index (χ3n) is 5.58. The number of hydrogen-bond acceptors (Lipinski definition) is 1. The standard InChI is InChI=1S/C17H20.C10H15N.C6H5Br/c1-17(2,3)16-11-9-15(10-12-16)13-14-7-5-4-6-8-14;1-10(2,3)8-4-6-9(11)7-5-8;7-6-4-2-1-3-5-6/h4-12H,13H2,1-3H3;4-7H,11H2,1-3H3;1-5H. The lowest BCUT2D eigenvalue weighted by Crippen LogP contribution is -2.10. The van der Waals surface area contributed by atoms with Crippen LogP contribution in [0.1, 0.15) is 63.8 Å². The van der Waals surface area contributed by atoms with Crippen molar-refractivity contribution in [2.45, 2.75) is 58.8 Å². The van der Waals surface area contributed by atoms with Crippen LogP contribution in [-0.2, 0) is 17.3 Å². The molecule has 1 nitrogen and oxygen atoms in total. The van der Waals surface area contributed by atoms with E-state index in [1.807, 2.05) is 42.5 Å². The van der Waals surface area contributed by atoms with Crippen molar-refractivity contribution in [2.75, 3.05) is 5.73 Å². The first-order valence-corrected chi connectivity index (χ1v) is 12.9. The summed E-state index contributed by atoms with van der Waals surface area (Å²) in [6.07, 6.45) is 1.02. The van der Waals surface area contributed by atoms with E-state index in [1.54, 1.807) is 0 Å². The minimum atomic E-state index is 0.230. The molecule has 0 radical (unpaired) electrons. The van der Waals surface area contributed by atoms with Gasteiger partial charge in [-0.3, -0.25) is 0 Å². The number of nitrogens with two attached hydrogens (primary N) is 1. The molecule has 0 bridgehead atoms. The number of benzene rings is 4. The Bertz CT molecular complexity index is 1100. The fraction of sp³-hybridized carbons (Fsp3) is 0.273. The normalized spacial score (nSPS) is 10.9. The molecule has 4 aromatic carbocycles. The SMILES string of the molecule is Brc1ccccc1.CC(C)(C)c1ccc(Cc2ccccc2)cc1.CC(C)(C)c1ccc(N)cc1. The summed E-state index contributed by atoms with van der Waals surface area (Å²) in [5.41, 5.74) is 12.3. The van der Waals surface area contributed by atoms with E-state index < -0.39 is 0 Å². The molecule has 2 heteroatoms. The molecule has 0 saturated carbocycles. The Balaban J connectivity index is 0.000000205. The zero-order valence-corrected chi connectivity index (χ0v) is 23.6. The van der Waals surface area contributed by atoms with E-state index in [0.717, 1.165) is 16.6 Å². The molecule has 0 fully saturated rings. The van der Waals surface area contributed by atoms with Crippen LogP contribution in [0.25, 0.3) is 0 Å². The average Bonchev–Trinajstić information content (AvgIpc) is 2.81. The topological polar surface area (TPSA) is 26.0 Å². The predicted octanol–water partition coefficient (Wildman–Crippen LogP) is 9.59. The highest BCUT2D eigenvalue weighted by Gasteiger charge is 2.13. The van der Waals surface area contributed by atoms with E-state index in [2.05, 4.69) is 124 Å². The summed E-state index contributed by atoms with van der Waals surface area (Å²) in [5, 5.41) is 0. The molecule has 2 N–H and O–H groups in total. The van der Waals surface area contributed by atoms with Gasteiger partial charge < -0.3 is 5.73 Å². The summed E-state index contributed by atoms with van der Waals surface area (Å²) >= 11 is 3.31. The van der Waals surface area contributed by atoms with Gasteiger partial charge in [-0.1, -0.05) is 142 Å². The minimum Gasteiger partial charge on any atom is -0.399 e. The summed E-state index contributed by atoms with van der Waals surface area (Å²) in [6, 6.07) is 37.6. The Morgan fingerprint density at radius 1 is 0.514 bits per heavy atom. The third kappa shape index (κ3) is 11.0. The summed E-state index contributed by atoms with van der Waals surface area (Å²) in [5.74, 6) is 0. The molecule has 0 aliphatic carbocycles. The van der Waals surface area contributed by atoms with Gasteiger partial charge in [-0.15, -0.1) is 0 Å². The van der Waals surface area contributed by atoms with E-state index in [4.69, 9.17) is 5.73 Å². The Labute approximate surface area is 221 Å². The zero-order valence-electron chi connectivity index (χ0n) is 22.1. The Morgan fingerprint density at radius 3 is 1.26 bits per heavy atom. The number of hydrogen-bond donors (Lipinski definition) is 1. The smallest absolute Gasteiger partial charge is 0.0314 e. The van der Waals surface area contributed by atoms with Gasteiger partial charge in [0.2, 0.25) is 0 Å². The average molecular weight is 531 g/mol. The van der Waals surface area contributed by atoms with Crippen molar-refractivity contribution in [3.8, 4) is 0 Å². The summed E-state index contributed by atoms with van der Waals surface area (Å²) in [7, 11) is 0. The quantitative estimate of drug-likeness (QED) is 0.257. The van der Waals surface area contributed by atoms with E-state index in [1.165, 1.54) is 22.3 Å². The van der Waals surface area contributed by atoms with Crippen LogP contribution in [-0.4, -0.2) is 0 Å². The van der Waals surface area contributed by atoms with Gasteiger partial charge >= 0.3 is 0 Å². The molecular weight excluding hydrogens is 490 g/mol. The van der Waals surface area contributed by atoms with Gasteiger partial charge in [-0.05, 0) is 63.8 Å². The molecule has 0 unspecified atom stereocenters. The fourth-order valence-corrected chi connectivity index (χ4v) is 3.66. The van der Waals surface area contributed by atoms with Crippen molar-refractivity contribution in [1.29, 1.82) is 0 Å². The molecule has 0 saturated heterocycles. The second-order valence-electron chi connectivity index (χ2n) is 10.8. The third-order valence-corrected chi connectivity index (χ3v) is 6.11. The Hall–Kier alpha value is -2.84. The van der Waals surface area contributed by atoms with Crippen molar-refractivity contribution in [3.63, 3.8) is 0 Å². The molecule has 0 atom stereocenters. The number of halogens is 1. The van der Waals surface area contributed by atoms with Crippen molar-refractivity contribution in [2.24, 2.45) is 0 Å². The maximum Gasteiger partial charge on any atom is 0.0314 e. The first-order valence-electron chi connectivity index (χ1n) is 12.1. The zero-order chi connectivity index (χ0) is 25.9. The van der Waals surface area contributed by atoms with Crippen LogP contribution in [0.15, 0.2) is 114 Å². The van der Waals surface area contributed by atoms with Crippen LogP contribution >= 0.6 is 15.9 Å². The van der Waals surface area contributed by atoms with Crippen molar-refractivity contribution >= 4 is 21.6 Å². The van der Waals surface area contributed by atoms with Crippen LogP contribution in [0, 0.1) is 0 Å².